The molecule has 7 nitrogen and oxygen atoms in total. The van der Waals surface area contributed by atoms with E-state index in [1.54, 1.807) is 61.5 Å². The molecule has 0 radical (unpaired) electrons. The number of amides is 1. The molecular weight excluding hydrogens is 404 g/mol. The van der Waals surface area contributed by atoms with E-state index < -0.39 is 0 Å². The van der Waals surface area contributed by atoms with Gasteiger partial charge in [-0.3, -0.25) is 4.79 Å². The van der Waals surface area contributed by atoms with E-state index in [1.165, 1.54) is 0 Å². The van der Waals surface area contributed by atoms with Gasteiger partial charge in [-0.15, -0.1) is 0 Å². The van der Waals surface area contributed by atoms with Crippen molar-refractivity contribution in [2.45, 2.75) is 0 Å². The molecule has 0 bridgehead atoms. The van der Waals surface area contributed by atoms with Crippen LogP contribution in [0, 0.1) is 11.3 Å². The van der Waals surface area contributed by atoms with Gasteiger partial charge in [0.2, 0.25) is 0 Å². The first kappa shape index (κ1) is 20.7. The van der Waals surface area contributed by atoms with E-state index in [2.05, 4.69) is 16.5 Å². The van der Waals surface area contributed by atoms with Crippen LogP contribution in [0.2, 0.25) is 0 Å². The Labute approximate surface area is 185 Å². The van der Waals surface area contributed by atoms with Gasteiger partial charge in [0.05, 0.1) is 37.1 Å². The Bertz CT molecular complexity index is 1310. The summed E-state index contributed by atoms with van der Waals surface area (Å²) in [6.07, 6.45) is 1.69. The van der Waals surface area contributed by atoms with Gasteiger partial charge in [-0.1, -0.05) is 24.3 Å². The third kappa shape index (κ3) is 4.16. The second-order valence-corrected chi connectivity index (χ2v) is 6.89. The largest absolute Gasteiger partial charge is 0.493 e. The summed E-state index contributed by atoms with van der Waals surface area (Å²) in [5, 5.41) is 16.7. The number of aromatic nitrogens is 2. The number of carbonyl (C=O) groups is 1. The van der Waals surface area contributed by atoms with Crippen molar-refractivity contribution in [3.8, 4) is 34.5 Å². The number of carbonyl (C=O) groups excluding carboxylic acids is 1. The van der Waals surface area contributed by atoms with Gasteiger partial charge in [-0.05, 0) is 48.5 Å². The van der Waals surface area contributed by atoms with Crippen LogP contribution in [0.25, 0.3) is 16.9 Å². The first-order chi connectivity index (χ1) is 15.6. The highest BCUT2D eigenvalue weighted by molar-refractivity contribution is 6.08. The number of nitrogens with zero attached hydrogens (tertiary/aromatic N) is 3. The minimum atomic E-state index is -0.341. The first-order valence-electron chi connectivity index (χ1n) is 9.82. The highest BCUT2D eigenvalue weighted by Crippen LogP contribution is 2.33. The number of benzene rings is 3. The Morgan fingerprint density at radius 3 is 2.47 bits per heavy atom. The van der Waals surface area contributed by atoms with Gasteiger partial charge in [0.15, 0.2) is 11.5 Å². The summed E-state index contributed by atoms with van der Waals surface area (Å²) >= 11 is 0. The lowest BCUT2D eigenvalue weighted by Gasteiger charge is -2.10. The molecule has 1 heterocycles. The number of anilines is 1. The van der Waals surface area contributed by atoms with Gasteiger partial charge in [-0.25, -0.2) is 4.68 Å². The third-order valence-corrected chi connectivity index (χ3v) is 4.89. The van der Waals surface area contributed by atoms with Crippen LogP contribution in [0.1, 0.15) is 15.9 Å². The SMILES string of the molecule is COc1ccc(-c2nn(-c3ccccc3)cc2C(=O)Nc2cccc(C#N)c2)cc1OC. The van der Waals surface area contributed by atoms with Gasteiger partial charge >= 0.3 is 0 Å². The lowest BCUT2D eigenvalue weighted by Crippen LogP contribution is -2.12. The van der Waals surface area contributed by atoms with E-state index in [0.717, 1.165) is 5.69 Å². The molecular formula is C25H20N4O3. The van der Waals surface area contributed by atoms with E-state index >= 15 is 0 Å². The Morgan fingerprint density at radius 1 is 0.969 bits per heavy atom. The molecule has 158 valence electrons. The molecule has 0 atom stereocenters. The number of rotatable bonds is 6. The summed E-state index contributed by atoms with van der Waals surface area (Å²) in [6.45, 7) is 0. The van der Waals surface area contributed by atoms with Gasteiger partial charge < -0.3 is 14.8 Å². The number of nitriles is 1. The molecule has 0 saturated carbocycles. The second-order valence-electron chi connectivity index (χ2n) is 6.89. The van der Waals surface area contributed by atoms with E-state index in [1.807, 2.05) is 36.4 Å². The molecule has 0 unspecified atom stereocenters. The molecule has 0 spiro atoms. The van der Waals surface area contributed by atoms with E-state index in [9.17, 15) is 4.79 Å². The lowest BCUT2D eigenvalue weighted by molar-refractivity contribution is 0.102. The highest BCUT2D eigenvalue weighted by Gasteiger charge is 2.20. The molecule has 7 heteroatoms. The topological polar surface area (TPSA) is 89.2 Å². The smallest absolute Gasteiger partial charge is 0.259 e. The molecule has 0 fully saturated rings. The van der Waals surface area contributed by atoms with Gasteiger partial charge in [-0.2, -0.15) is 10.4 Å². The number of methoxy groups -OCH3 is 2. The molecule has 0 aliphatic rings. The molecule has 4 aromatic rings. The molecule has 3 aromatic carbocycles. The van der Waals surface area contributed by atoms with Crippen molar-refractivity contribution in [1.29, 1.82) is 5.26 Å². The maximum Gasteiger partial charge on any atom is 0.259 e. The number of para-hydroxylation sites is 1. The molecule has 0 saturated heterocycles. The number of ether oxygens (including phenoxy) is 2. The zero-order valence-electron chi connectivity index (χ0n) is 17.6. The standard InChI is InChI=1S/C25H20N4O3/c1-31-22-12-11-18(14-23(22)32-2)24-21(16-29(28-24)20-9-4-3-5-10-20)25(30)27-19-8-6-7-17(13-19)15-26/h3-14,16H,1-2H3,(H,27,30). The van der Waals surface area contributed by atoms with Crippen LogP contribution in [0.15, 0.2) is 79.0 Å². The summed E-state index contributed by atoms with van der Waals surface area (Å²) in [7, 11) is 3.12. The Kier molecular flexibility index (Phi) is 5.86. The maximum atomic E-state index is 13.2. The Morgan fingerprint density at radius 2 is 1.75 bits per heavy atom. The van der Waals surface area contributed by atoms with Crippen LogP contribution in [-0.2, 0) is 0 Å². The summed E-state index contributed by atoms with van der Waals surface area (Å²) in [5.41, 5.74) is 3.38. The van der Waals surface area contributed by atoms with Gasteiger partial charge in [0.25, 0.3) is 5.91 Å². The summed E-state index contributed by atoms with van der Waals surface area (Å²) in [5.74, 6) is 0.775. The summed E-state index contributed by atoms with van der Waals surface area (Å²) < 4.78 is 12.4. The van der Waals surface area contributed by atoms with Crippen LogP contribution in [0.4, 0.5) is 5.69 Å². The highest BCUT2D eigenvalue weighted by atomic mass is 16.5. The third-order valence-electron chi connectivity index (χ3n) is 4.89. The van der Waals surface area contributed by atoms with E-state index in [0.29, 0.717) is 39.6 Å². The maximum absolute atomic E-state index is 13.2. The number of nitrogens with one attached hydrogen (secondary N) is 1. The van der Waals surface area contributed by atoms with E-state index in [-0.39, 0.29) is 5.91 Å². The van der Waals surface area contributed by atoms with Crippen molar-refractivity contribution >= 4 is 11.6 Å². The van der Waals surface area contributed by atoms with Crippen molar-refractivity contribution < 1.29 is 14.3 Å². The quantitative estimate of drug-likeness (QED) is 0.485. The second kappa shape index (κ2) is 9.06. The summed E-state index contributed by atoms with van der Waals surface area (Å²) in [6, 6.07) is 23.7. The van der Waals surface area contributed by atoms with Gasteiger partial charge in [0, 0.05) is 17.4 Å². The predicted octanol–water partition coefficient (Wildman–Crippen LogP) is 4.68. The van der Waals surface area contributed by atoms with Crippen LogP contribution in [0.5, 0.6) is 11.5 Å². The minimum Gasteiger partial charge on any atom is -0.493 e. The Hall–Kier alpha value is -4.57. The number of hydrogen-bond donors (Lipinski definition) is 1. The lowest BCUT2D eigenvalue weighted by atomic mass is 10.1. The zero-order chi connectivity index (χ0) is 22.5. The fourth-order valence-electron chi connectivity index (χ4n) is 3.31. The monoisotopic (exact) mass is 424 g/mol. The van der Waals surface area contributed by atoms with Crippen molar-refractivity contribution in [2.24, 2.45) is 0 Å². The van der Waals surface area contributed by atoms with Crippen molar-refractivity contribution in [1.82, 2.24) is 9.78 Å². The van der Waals surface area contributed by atoms with Crippen molar-refractivity contribution in [2.75, 3.05) is 19.5 Å². The summed E-state index contributed by atoms with van der Waals surface area (Å²) in [4.78, 5) is 13.2. The molecule has 1 amide bonds. The fourth-order valence-corrected chi connectivity index (χ4v) is 3.31. The molecule has 0 aliphatic heterocycles. The predicted molar refractivity (Wildman–Crippen MR) is 121 cm³/mol. The van der Waals surface area contributed by atoms with Crippen LogP contribution in [-0.4, -0.2) is 29.9 Å². The van der Waals surface area contributed by atoms with Gasteiger partial charge in [0.1, 0.15) is 5.69 Å². The fraction of sp³-hybridized carbons (Fsp3) is 0.0800. The molecule has 1 aromatic heterocycles. The van der Waals surface area contributed by atoms with Crippen LogP contribution < -0.4 is 14.8 Å². The minimum absolute atomic E-state index is 0.341. The molecule has 1 N–H and O–H groups in total. The van der Waals surface area contributed by atoms with Crippen molar-refractivity contribution in [3.05, 3.63) is 90.1 Å². The number of hydrogen-bond acceptors (Lipinski definition) is 5. The van der Waals surface area contributed by atoms with Crippen LogP contribution in [0.3, 0.4) is 0 Å². The Balaban J connectivity index is 1.79. The van der Waals surface area contributed by atoms with E-state index in [4.69, 9.17) is 14.7 Å². The first-order valence-corrected chi connectivity index (χ1v) is 9.82. The molecule has 0 aliphatic carbocycles. The average molecular weight is 424 g/mol. The molecule has 32 heavy (non-hydrogen) atoms. The molecule has 4 rings (SSSR count). The zero-order valence-corrected chi connectivity index (χ0v) is 17.6. The van der Waals surface area contributed by atoms with Crippen LogP contribution >= 0.6 is 0 Å². The average Bonchev–Trinajstić information content (AvgIpc) is 3.30. The normalized spacial score (nSPS) is 10.3. The van der Waals surface area contributed by atoms with Crippen molar-refractivity contribution in [3.63, 3.8) is 0 Å².